The summed E-state index contributed by atoms with van der Waals surface area (Å²) in [4.78, 5) is 20.3. The van der Waals surface area contributed by atoms with Crippen molar-refractivity contribution in [2.45, 2.75) is 37.0 Å². The molecule has 1 saturated heterocycles. The van der Waals surface area contributed by atoms with Crippen LogP contribution in [0.3, 0.4) is 0 Å². The lowest BCUT2D eigenvalue weighted by Gasteiger charge is -2.42. The number of carbonyl (C=O) groups is 1. The first-order chi connectivity index (χ1) is 11.5. The highest BCUT2D eigenvalue weighted by atomic mass is 35.5. The van der Waals surface area contributed by atoms with Crippen molar-refractivity contribution < 1.29 is 4.79 Å². The lowest BCUT2D eigenvalue weighted by atomic mass is 9.79. The monoisotopic (exact) mass is 433 g/mol. The van der Waals surface area contributed by atoms with Crippen LogP contribution >= 0.6 is 47.9 Å². The predicted octanol–water partition coefficient (Wildman–Crippen LogP) is 4.48. The number of aromatic nitrogens is 1. The van der Waals surface area contributed by atoms with Gasteiger partial charge in [0.05, 0.1) is 16.8 Å². The van der Waals surface area contributed by atoms with Crippen molar-refractivity contribution in [1.29, 1.82) is 0 Å². The van der Waals surface area contributed by atoms with E-state index in [2.05, 4.69) is 18.8 Å². The third-order valence-electron chi connectivity index (χ3n) is 4.58. The van der Waals surface area contributed by atoms with Crippen LogP contribution in [0.1, 0.15) is 36.3 Å². The van der Waals surface area contributed by atoms with E-state index in [1.165, 1.54) is 0 Å². The molecule has 0 radical (unpaired) electrons. The van der Waals surface area contributed by atoms with Crippen LogP contribution in [0.15, 0.2) is 40.1 Å². The van der Waals surface area contributed by atoms with Crippen molar-refractivity contribution in [3.05, 3.63) is 46.4 Å². The van der Waals surface area contributed by atoms with E-state index >= 15 is 0 Å². The molecule has 1 fully saturated rings. The Morgan fingerprint density at radius 2 is 2.12 bits per heavy atom. The van der Waals surface area contributed by atoms with Crippen molar-refractivity contribution in [3.8, 4) is 0 Å². The van der Waals surface area contributed by atoms with Gasteiger partial charge in [-0.25, -0.2) is 4.98 Å². The van der Waals surface area contributed by atoms with Gasteiger partial charge in [0.15, 0.2) is 0 Å². The van der Waals surface area contributed by atoms with Crippen molar-refractivity contribution in [2.75, 3.05) is 13.1 Å². The van der Waals surface area contributed by atoms with E-state index in [1.807, 2.05) is 40.1 Å². The second-order valence-corrected chi connectivity index (χ2v) is 8.61. The van der Waals surface area contributed by atoms with Crippen LogP contribution in [0, 0.1) is 5.41 Å². The number of likely N-dealkylation sites (tertiary alicyclic amines) is 1. The minimum absolute atomic E-state index is 0. The smallest absolute Gasteiger partial charge is 0.255 e. The summed E-state index contributed by atoms with van der Waals surface area (Å²) in [6, 6.07) is 8.01. The standard InChI is InChI=1S/C18H23N3OS2.2ClH/c1-18(2)11-21(8-7-16(18)19)17(22)14-5-3-4-6-15(14)24-10-13-9-23-12-20-13;;/h3-6,9,12,16H,7-8,10-11,19H2,1-2H3;2*1H. The lowest BCUT2D eigenvalue weighted by molar-refractivity contribution is 0.0529. The summed E-state index contributed by atoms with van der Waals surface area (Å²) < 4.78 is 0. The number of halogens is 2. The van der Waals surface area contributed by atoms with Crippen LogP contribution in [0.2, 0.25) is 0 Å². The van der Waals surface area contributed by atoms with Gasteiger partial charge in [0.2, 0.25) is 0 Å². The maximum atomic E-state index is 13.0. The number of benzene rings is 1. The normalized spacial score (nSPS) is 18.6. The highest BCUT2D eigenvalue weighted by Gasteiger charge is 2.35. The minimum atomic E-state index is -0.0450. The Labute approximate surface area is 175 Å². The summed E-state index contributed by atoms with van der Waals surface area (Å²) in [6.45, 7) is 5.71. The number of piperidine rings is 1. The summed E-state index contributed by atoms with van der Waals surface area (Å²) in [5.74, 6) is 0.890. The average Bonchev–Trinajstić information content (AvgIpc) is 3.08. The maximum Gasteiger partial charge on any atom is 0.255 e. The molecule has 8 heteroatoms. The molecule has 1 unspecified atom stereocenters. The van der Waals surface area contributed by atoms with Gasteiger partial charge in [-0.1, -0.05) is 26.0 Å². The van der Waals surface area contributed by atoms with E-state index in [4.69, 9.17) is 5.73 Å². The number of thioether (sulfide) groups is 1. The Morgan fingerprint density at radius 1 is 1.38 bits per heavy atom. The van der Waals surface area contributed by atoms with E-state index in [-0.39, 0.29) is 42.2 Å². The minimum Gasteiger partial charge on any atom is -0.338 e. The second-order valence-electron chi connectivity index (χ2n) is 6.88. The zero-order chi connectivity index (χ0) is 17.2. The molecule has 144 valence electrons. The molecule has 2 N–H and O–H groups in total. The summed E-state index contributed by atoms with van der Waals surface area (Å²) in [7, 11) is 0. The lowest BCUT2D eigenvalue weighted by Crippen LogP contribution is -2.54. The van der Waals surface area contributed by atoms with Crippen LogP contribution in [0.5, 0.6) is 0 Å². The van der Waals surface area contributed by atoms with Crippen LogP contribution in [-0.2, 0) is 5.75 Å². The highest BCUT2D eigenvalue weighted by molar-refractivity contribution is 7.98. The van der Waals surface area contributed by atoms with Crippen molar-refractivity contribution in [2.24, 2.45) is 11.1 Å². The molecule has 26 heavy (non-hydrogen) atoms. The van der Waals surface area contributed by atoms with Crippen LogP contribution in [0.25, 0.3) is 0 Å². The largest absolute Gasteiger partial charge is 0.338 e. The van der Waals surface area contributed by atoms with Gasteiger partial charge >= 0.3 is 0 Å². The fourth-order valence-electron chi connectivity index (χ4n) is 2.95. The van der Waals surface area contributed by atoms with Gasteiger partial charge < -0.3 is 10.6 Å². The van der Waals surface area contributed by atoms with E-state index in [0.717, 1.165) is 34.9 Å². The Hall–Kier alpha value is -0.790. The maximum absolute atomic E-state index is 13.0. The van der Waals surface area contributed by atoms with Crippen LogP contribution in [0.4, 0.5) is 0 Å². The molecule has 0 spiro atoms. The third-order valence-corrected chi connectivity index (χ3v) is 6.32. The van der Waals surface area contributed by atoms with Crippen LogP contribution in [-0.4, -0.2) is 34.9 Å². The van der Waals surface area contributed by atoms with Gasteiger partial charge in [-0.05, 0) is 24.0 Å². The van der Waals surface area contributed by atoms with Gasteiger partial charge in [0, 0.05) is 35.2 Å². The van der Waals surface area contributed by atoms with Gasteiger partial charge in [-0.2, -0.15) is 0 Å². The molecule has 0 bridgehead atoms. The molecule has 1 atom stereocenters. The number of thiazole rings is 1. The molecule has 4 nitrogen and oxygen atoms in total. The summed E-state index contributed by atoms with van der Waals surface area (Å²) >= 11 is 3.27. The zero-order valence-electron chi connectivity index (χ0n) is 14.9. The Bertz CT molecular complexity index is 710. The first kappa shape index (κ1) is 23.2. The summed E-state index contributed by atoms with van der Waals surface area (Å²) in [5.41, 5.74) is 9.83. The van der Waals surface area contributed by atoms with Gasteiger partial charge in [-0.15, -0.1) is 47.9 Å². The number of carbonyl (C=O) groups excluding carboxylic acids is 1. The van der Waals surface area contributed by atoms with E-state index < -0.39 is 0 Å². The molecule has 1 aromatic carbocycles. The van der Waals surface area contributed by atoms with Gasteiger partial charge in [-0.3, -0.25) is 4.79 Å². The zero-order valence-corrected chi connectivity index (χ0v) is 18.1. The summed E-state index contributed by atoms with van der Waals surface area (Å²) in [5, 5.41) is 2.05. The number of rotatable bonds is 4. The Kier molecular flexibility index (Phi) is 8.89. The van der Waals surface area contributed by atoms with Crippen LogP contribution < -0.4 is 5.73 Å². The molecular weight excluding hydrogens is 409 g/mol. The fraction of sp³-hybridized carbons (Fsp3) is 0.444. The predicted molar refractivity (Wildman–Crippen MR) is 115 cm³/mol. The number of hydrogen-bond donors (Lipinski definition) is 1. The summed E-state index contributed by atoms with van der Waals surface area (Å²) in [6.07, 6.45) is 0.854. The average molecular weight is 434 g/mol. The molecule has 2 heterocycles. The molecule has 1 aliphatic heterocycles. The van der Waals surface area contributed by atoms with Crippen molar-refractivity contribution >= 4 is 53.8 Å². The molecule has 2 aromatic rings. The SMILES string of the molecule is CC1(C)CN(C(=O)c2ccccc2SCc2cscn2)CCC1N.Cl.Cl. The quantitative estimate of drug-likeness (QED) is 0.721. The molecular formula is C18H25Cl2N3OS2. The van der Waals surface area contributed by atoms with E-state index in [0.29, 0.717) is 6.54 Å². The Balaban J connectivity index is 0.00000169. The number of amides is 1. The first-order valence-corrected chi connectivity index (χ1v) is 10.0. The number of nitrogens with zero attached hydrogens (tertiary/aromatic N) is 2. The Morgan fingerprint density at radius 3 is 2.77 bits per heavy atom. The fourth-order valence-corrected chi connectivity index (χ4v) is 4.56. The molecule has 0 aliphatic carbocycles. The molecule has 1 amide bonds. The number of nitrogens with two attached hydrogens (primary N) is 1. The highest BCUT2D eigenvalue weighted by Crippen LogP contribution is 2.31. The third kappa shape index (κ3) is 5.36. The molecule has 0 saturated carbocycles. The molecule has 1 aliphatic rings. The topological polar surface area (TPSA) is 59.2 Å². The molecule has 1 aromatic heterocycles. The first-order valence-electron chi connectivity index (χ1n) is 8.11. The van der Waals surface area contributed by atoms with E-state index in [9.17, 15) is 4.79 Å². The molecule has 3 rings (SSSR count). The van der Waals surface area contributed by atoms with E-state index in [1.54, 1.807) is 23.1 Å². The number of hydrogen-bond acceptors (Lipinski definition) is 5. The van der Waals surface area contributed by atoms with Crippen molar-refractivity contribution in [3.63, 3.8) is 0 Å². The second kappa shape index (κ2) is 9.95. The van der Waals surface area contributed by atoms with Gasteiger partial charge in [0.1, 0.15) is 0 Å². The van der Waals surface area contributed by atoms with Crippen molar-refractivity contribution in [1.82, 2.24) is 9.88 Å². The van der Waals surface area contributed by atoms with Gasteiger partial charge in [0.25, 0.3) is 5.91 Å².